The number of hydrogen-bond acceptors (Lipinski definition) is 3. The van der Waals surface area contributed by atoms with Crippen LogP contribution in [-0.4, -0.2) is 47.2 Å². The highest BCUT2D eigenvalue weighted by Crippen LogP contribution is 2.31. The van der Waals surface area contributed by atoms with Crippen LogP contribution in [0.3, 0.4) is 0 Å². The first-order valence-corrected chi connectivity index (χ1v) is 7.56. The van der Waals surface area contributed by atoms with E-state index in [9.17, 15) is 14.0 Å². The van der Waals surface area contributed by atoms with E-state index in [-0.39, 0.29) is 25.0 Å². The lowest BCUT2D eigenvalue weighted by Gasteiger charge is -2.23. The van der Waals surface area contributed by atoms with Gasteiger partial charge in [0.2, 0.25) is 5.67 Å². The molecule has 1 aromatic rings. The van der Waals surface area contributed by atoms with Gasteiger partial charge in [0.15, 0.2) is 6.61 Å². The highest BCUT2D eigenvalue weighted by molar-refractivity contribution is 5.83. The molecule has 5 nitrogen and oxygen atoms in total. The van der Waals surface area contributed by atoms with Crippen molar-refractivity contribution < 1.29 is 23.8 Å². The van der Waals surface area contributed by atoms with Crippen molar-refractivity contribution in [3.63, 3.8) is 0 Å². The zero-order valence-corrected chi connectivity index (χ0v) is 13.6. The summed E-state index contributed by atoms with van der Waals surface area (Å²) in [5.74, 6) is -1.32. The Balaban J connectivity index is 2.00. The molecule has 1 unspecified atom stereocenters. The number of ether oxygens (including phenoxy) is 1. The molecule has 1 aromatic carbocycles. The Morgan fingerprint density at radius 3 is 2.57 bits per heavy atom. The number of benzene rings is 1. The number of carbonyl (C=O) groups excluding carboxylic acids is 1. The average molecular weight is 323 g/mol. The first-order valence-electron chi connectivity index (χ1n) is 7.56. The monoisotopic (exact) mass is 323 g/mol. The molecule has 1 aliphatic heterocycles. The van der Waals surface area contributed by atoms with E-state index in [1.165, 1.54) is 4.90 Å². The fraction of sp³-hybridized carbons (Fsp3) is 0.529. The summed E-state index contributed by atoms with van der Waals surface area (Å²) in [5, 5.41) is 8.86. The van der Waals surface area contributed by atoms with Gasteiger partial charge in [0.25, 0.3) is 5.91 Å². The molecule has 0 saturated carbocycles. The van der Waals surface area contributed by atoms with Crippen LogP contribution in [0, 0.1) is 0 Å². The zero-order valence-electron chi connectivity index (χ0n) is 13.6. The van der Waals surface area contributed by atoms with Crippen molar-refractivity contribution in [2.45, 2.75) is 38.3 Å². The maximum atomic E-state index is 14.0. The number of halogens is 1. The first-order chi connectivity index (χ1) is 10.6. The van der Waals surface area contributed by atoms with Gasteiger partial charge in [-0.25, -0.2) is 9.18 Å². The molecule has 6 heteroatoms. The molecule has 1 saturated heterocycles. The van der Waals surface area contributed by atoms with Crippen LogP contribution in [-0.2, 0) is 15.0 Å². The standard InChI is InChI=1S/C17H22FNO4/c1-16(2,3)12-6-4-5-7-13(12)23-10-14(20)19-9-8-17(18,11-19)15(21)22/h4-7H,8-11H2,1-3H3,(H,21,22). The molecule has 0 spiro atoms. The summed E-state index contributed by atoms with van der Waals surface area (Å²) in [4.78, 5) is 24.2. The Morgan fingerprint density at radius 1 is 1.35 bits per heavy atom. The molecule has 126 valence electrons. The summed E-state index contributed by atoms with van der Waals surface area (Å²) in [6.07, 6.45) is -0.188. The fourth-order valence-corrected chi connectivity index (χ4v) is 2.60. The summed E-state index contributed by atoms with van der Waals surface area (Å²) in [7, 11) is 0. The van der Waals surface area contributed by atoms with Crippen molar-refractivity contribution in [2.24, 2.45) is 0 Å². The third-order valence-electron chi connectivity index (χ3n) is 4.00. The van der Waals surface area contributed by atoms with Crippen LogP contribution >= 0.6 is 0 Å². The number of hydrogen-bond donors (Lipinski definition) is 1. The molecule has 0 aliphatic carbocycles. The Morgan fingerprint density at radius 2 is 2.00 bits per heavy atom. The molecule has 2 rings (SSSR count). The fourth-order valence-electron chi connectivity index (χ4n) is 2.60. The Labute approximate surface area is 135 Å². The van der Waals surface area contributed by atoms with E-state index < -0.39 is 24.1 Å². The molecule has 23 heavy (non-hydrogen) atoms. The second kappa shape index (κ2) is 6.18. The normalized spacial score (nSPS) is 21.3. The molecule has 0 aromatic heterocycles. The van der Waals surface area contributed by atoms with Gasteiger partial charge in [-0.1, -0.05) is 39.0 Å². The number of likely N-dealkylation sites (tertiary alicyclic amines) is 1. The van der Waals surface area contributed by atoms with E-state index in [1.807, 2.05) is 39.0 Å². The topological polar surface area (TPSA) is 66.8 Å². The number of carbonyl (C=O) groups is 2. The van der Waals surface area contributed by atoms with Gasteiger partial charge < -0.3 is 14.7 Å². The van der Waals surface area contributed by atoms with Gasteiger partial charge in [0.1, 0.15) is 5.75 Å². The maximum absolute atomic E-state index is 14.0. The largest absolute Gasteiger partial charge is 0.483 e. The number of amides is 1. The molecule has 1 N–H and O–H groups in total. The van der Waals surface area contributed by atoms with Crippen LogP contribution in [0.4, 0.5) is 4.39 Å². The van der Waals surface area contributed by atoms with Gasteiger partial charge in [-0.2, -0.15) is 0 Å². The average Bonchev–Trinajstić information content (AvgIpc) is 2.88. The minimum atomic E-state index is -2.35. The van der Waals surface area contributed by atoms with Crippen molar-refractivity contribution in [1.82, 2.24) is 4.90 Å². The summed E-state index contributed by atoms with van der Waals surface area (Å²) in [6.45, 7) is 5.56. The third kappa shape index (κ3) is 3.81. The number of para-hydroxylation sites is 1. The highest BCUT2D eigenvalue weighted by Gasteiger charge is 2.46. The number of rotatable bonds is 4. The van der Waals surface area contributed by atoms with Gasteiger partial charge in [0, 0.05) is 13.0 Å². The van der Waals surface area contributed by atoms with E-state index in [1.54, 1.807) is 6.07 Å². The predicted octanol–water partition coefficient (Wildman–Crippen LogP) is 2.39. The second-order valence-electron chi connectivity index (χ2n) is 6.87. The Bertz CT molecular complexity index is 611. The van der Waals surface area contributed by atoms with Crippen LogP contribution < -0.4 is 4.74 Å². The van der Waals surface area contributed by atoms with E-state index in [2.05, 4.69) is 0 Å². The zero-order chi connectivity index (χ0) is 17.3. The smallest absolute Gasteiger partial charge is 0.343 e. The van der Waals surface area contributed by atoms with E-state index >= 15 is 0 Å². The minimum Gasteiger partial charge on any atom is -0.483 e. The van der Waals surface area contributed by atoms with Crippen molar-refractivity contribution in [3.8, 4) is 5.75 Å². The van der Waals surface area contributed by atoms with Gasteiger partial charge in [-0.15, -0.1) is 0 Å². The van der Waals surface area contributed by atoms with Crippen LogP contribution in [0.25, 0.3) is 0 Å². The number of carboxylic acid groups (broad SMARTS) is 1. The lowest BCUT2D eigenvalue weighted by molar-refractivity contribution is -0.150. The van der Waals surface area contributed by atoms with E-state index in [4.69, 9.17) is 9.84 Å². The number of nitrogens with zero attached hydrogens (tertiary/aromatic N) is 1. The lowest BCUT2D eigenvalue weighted by Crippen LogP contribution is -2.40. The third-order valence-corrected chi connectivity index (χ3v) is 4.00. The molecular weight excluding hydrogens is 301 g/mol. The molecule has 0 bridgehead atoms. The van der Waals surface area contributed by atoms with Gasteiger partial charge in [0.05, 0.1) is 6.54 Å². The lowest BCUT2D eigenvalue weighted by atomic mass is 9.86. The van der Waals surface area contributed by atoms with Crippen LogP contribution in [0.1, 0.15) is 32.8 Å². The summed E-state index contributed by atoms with van der Waals surface area (Å²) >= 11 is 0. The quantitative estimate of drug-likeness (QED) is 0.924. The minimum absolute atomic E-state index is 0.0892. The number of alkyl halides is 1. The summed E-state index contributed by atoms with van der Waals surface area (Å²) < 4.78 is 19.6. The first kappa shape index (κ1) is 17.2. The molecule has 1 amide bonds. The van der Waals surface area contributed by atoms with Crippen molar-refractivity contribution in [1.29, 1.82) is 0 Å². The number of aliphatic carboxylic acids is 1. The summed E-state index contributed by atoms with van der Waals surface area (Å²) in [5.41, 5.74) is -1.51. The van der Waals surface area contributed by atoms with Crippen LogP contribution in [0.15, 0.2) is 24.3 Å². The molecule has 0 radical (unpaired) electrons. The Hall–Kier alpha value is -2.11. The summed E-state index contributed by atoms with van der Waals surface area (Å²) in [6, 6.07) is 7.45. The van der Waals surface area contributed by atoms with Gasteiger partial charge in [-0.3, -0.25) is 4.79 Å². The Kier molecular flexibility index (Phi) is 4.63. The molecule has 1 aliphatic rings. The molecule has 1 fully saturated rings. The van der Waals surface area contributed by atoms with Crippen molar-refractivity contribution in [2.75, 3.05) is 19.7 Å². The molecule has 1 heterocycles. The van der Waals surface area contributed by atoms with Crippen LogP contribution in [0.5, 0.6) is 5.75 Å². The SMILES string of the molecule is CC(C)(C)c1ccccc1OCC(=O)N1CCC(F)(C(=O)O)C1. The van der Waals surface area contributed by atoms with Crippen LogP contribution in [0.2, 0.25) is 0 Å². The van der Waals surface area contributed by atoms with Gasteiger partial charge in [-0.05, 0) is 17.0 Å². The maximum Gasteiger partial charge on any atom is 0.343 e. The second-order valence-corrected chi connectivity index (χ2v) is 6.87. The predicted molar refractivity (Wildman–Crippen MR) is 83.3 cm³/mol. The number of carboxylic acids is 1. The highest BCUT2D eigenvalue weighted by atomic mass is 19.1. The van der Waals surface area contributed by atoms with Gasteiger partial charge >= 0.3 is 5.97 Å². The van der Waals surface area contributed by atoms with Crippen molar-refractivity contribution >= 4 is 11.9 Å². The molecule has 1 atom stereocenters. The van der Waals surface area contributed by atoms with Crippen molar-refractivity contribution in [3.05, 3.63) is 29.8 Å². The van der Waals surface area contributed by atoms with E-state index in [0.29, 0.717) is 5.75 Å². The molecular formula is C17H22FNO4. The van der Waals surface area contributed by atoms with E-state index in [0.717, 1.165) is 5.56 Å².